The third kappa shape index (κ3) is 2.36. The maximum atomic E-state index is 3.57. The van der Waals surface area contributed by atoms with Crippen LogP contribution in [-0.4, -0.2) is 13.1 Å². The molecule has 1 nitrogen and oxygen atoms in total. The molecule has 15 heavy (non-hydrogen) atoms. The molecule has 0 radical (unpaired) electrons. The molecule has 0 N–H and O–H groups in total. The van der Waals surface area contributed by atoms with Crippen molar-refractivity contribution < 1.29 is 0 Å². The Hall–Kier alpha value is -0.500. The van der Waals surface area contributed by atoms with Crippen LogP contribution in [0.15, 0.2) is 22.7 Å². The molecular formula is C13H18BrN. The second-order valence-electron chi connectivity index (χ2n) is 4.55. The van der Waals surface area contributed by atoms with Crippen molar-refractivity contribution in [2.45, 2.75) is 32.6 Å². The molecule has 0 saturated carbocycles. The van der Waals surface area contributed by atoms with Gasteiger partial charge in [0, 0.05) is 23.2 Å². The number of nitrogens with zero attached hydrogens (tertiary/aromatic N) is 1. The molecule has 82 valence electrons. The Kier molecular flexibility index (Phi) is 3.35. The van der Waals surface area contributed by atoms with Crippen molar-refractivity contribution >= 4 is 21.6 Å². The summed E-state index contributed by atoms with van der Waals surface area (Å²) in [6.45, 7) is 6.97. The summed E-state index contributed by atoms with van der Waals surface area (Å²) in [6.07, 6.45) is 2.67. The maximum absolute atomic E-state index is 3.57. The number of anilines is 1. The Morgan fingerprint density at radius 1 is 1.20 bits per heavy atom. The second kappa shape index (κ2) is 4.56. The van der Waals surface area contributed by atoms with Gasteiger partial charge in [-0.25, -0.2) is 0 Å². The van der Waals surface area contributed by atoms with E-state index in [0.29, 0.717) is 5.92 Å². The highest BCUT2D eigenvalue weighted by atomic mass is 79.9. The molecule has 0 amide bonds. The van der Waals surface area contributed by atoms with Gasteiger partial charge in [-0.2, -0.15) is 0 Å². The van der Waals surface area contributed by atoms with Gasteiger partial charge in [-0.05, 0) is 36.5 Å². The van der Waals surface area contributed by atoms with Crippen molar-refractivity contribution in [3.8, 4) is 0 Å². The largest absolute Gasteiger partial charge is 0.371 e. The molecule has 1 aliphatic rings. The van der Waals surface area contributed by atoms with Gasteiger partial charge in [-0.3, -0.25) is 0 Å². The van der Waals surface area contributed by atoms with E-state index in [0.717, 1.165) is 0 Å². The van der Waals surface area contributed by atoms with E-state index >= 15 is 0 Å². The van der Waals surface area contributed by atoms with E-state index in [1.807, 2.05) is 0 Å². The number of benzene rings is 1. The average Bonchev–Trinajstić information content (AvgIpc) is 2.69. The lowest BCUT2D eigenvalue weighted by atomic mass is 10.0. The van der Waals surface area contributed by atoms with Crippen LogP contribution in [0.25, 0.3) is 0 Å². The van der Waals surface area contributed by atoms with Crippen LogP contribution >= 0.6 is 15.9 Å². The van der Waals surface area contributed by atoms with Gasteiger partial charge in [-0.15, -0.1) is 0 Å². The van der Waals surface area contributed by atoms with Gasteiger partial charge in [0.15, 0.2) is 0 Å². The van der Waals surface area contributed by atoms with Crippen LogP contribution in [0.5, 0.6) is 0 Å². The van der Waals surface area contributed by atoms with Crippen molar-refractivity contribution in [1.29, 1.82) is 0 Å². The van der Waals surface area contributed by atoms with Crippen LogP contribution in [0.3, 0.4) is 0 Å². The third-order valence-electron chi connectivity index (χ3n) is 3.06. The summed E-state index contributed by atoms with van der Waals surface area (Å²) in [6, 6.07) is 6.66. The molecule has 1 aromatic carbocycles. The van der Waals surface area contributed by atoms with E-state index in [9.17, 15) is 0 Å². The predicted octanol–water partition coefficient (Wildman–Crippen LogP) is 4.17. The van der Waals surface area contributed by atoms with E-state index in [1.54, 1.807) is 0 Å². The summed E-state index contributed by atoms with van der Waals surface area (Å²) in [5, 5.41) is 0. The summed E-state index contributed by atoms with van der Waals surface area (Å²) >= 11 is 3.57. The minimum absolute atomic E-state index is 0.605. The Bertz CT molecular complexity index is 340. The molecular weight excluding hydrogens is 250 g/mol. The van der Waals surface area contributed by atoms with Crippen molar-refractivity contribution in [1.82, 2.24) is 0 Å². The molecule has 0 bridgehead atoms. The van der Waals surface area contributed by atoms with Crippen LogP contribution in [0.4, 0.5) is 5.69 Å². The molecule has 2 rings (SSSR count). The smallest absolute Gasteiger partial charge is 0.0412 e. The Morgan fingerprint density at radius 2 is 1.87 bits per heavy atom. The zero-order valence-corrected chi connectivity index (χ0v) is 11.0. The monoisotopic (exact) mass is 267 g/mol. The van der Waals surface area contributed by atoms with Crippen LogP contribution in [0.2, 0.25) is 0 Å². The first-order chi connectivity index (χ1) is 7.18. The Morgan fingerprint density at radius 3 is 2.47 bits per heavy atom. The summed E-state index contributed by atoms with van der Waals surface area (Å²) in [5.41, 5.74) is 2.90. The lowest BCUT2D eigenvalue weighted by Gasteiger charge is -2.23. The molecule has 0 aromatic heterocycles. The van der Waals surface area contributed by atoms with Crippen LogP contribution in [-0.2, 0) is 0 Å². The first-order valence-electron chi connectivity index (χ1n) is 5.73. The molecule has 2 heteroatoms. The highest BCUT2D eigenvalue weighted by Crippen LogP contribution is 2.32. The van der Waals surface area contributed by atoms with Crippen LogP contribution < -0.4 is 4.90 Å². The standard InChI is InChI=1S/C13H18BrN/c1-10(2)12-6-5-11(14)9-13(12)15-7-3-4-8-15/h5-6,9-10H,3-4,7-8H2,1-2H3. The van der Waals surface area contributed by atoms with Gasteiger partial charge in [0.25, 0.3) is 0 Å². The number of hydrogen-bond acceptors (Lipinski definition) is 1. The van der Waals surface area contributed by atoms with E-state index in [1.165, 1.54) is 41.7 Å². The van der Waals surface area contributed by atoms with Crippen molar-refractivity contribution in [2.75, 3.05) is 18.0 Å². The van der Waals surface area contributed by atoms with Crippen molar-refractivity contribution in [3.05, 3.63) is 28.2 Å². The normalized spacial score (nSPS) is 16.4. The fraction of sp³-hybridized carbons (Fsp3) is 0.538. The molecule has 1 heterocycles. The fourth-order valence-electron chi connectivity index (χ4n) is 2.24. The summed E-state index contributed by atoms with van der Waals surface area (Å²) in [5.74, 6) is 0.605. The summed E-state index contributed by atoms with van der Waals surface area (Å²) in [7, 11) is 0. The molecule has 0 atom stereocenters. The predicted molar refractivity (Wildman–Crippen MR) is 69.7 cm³/mol. The minimum atomic E-state index is 0.605. The highest BCUT2D eigenvalue weighted by molar-refractivity contribution is 9.10. The van der Waals surface area contributed by atoms with Gasteiger partial charge < -0.3 is 4.90 Å². The Labute approximate surface area is 101 Å². The van der Waals surface area contributed by atoms with E-state index in [4.69, 9.17) is 0 Å². The molecule has 0 aliphatic carbocycles. The van der Waals surface area contributed by atoms with E-state index < -0.39 is 0 Å². The summed E-state index contributed by atoms with van der Waals surface area (Å²) in [4.78, 5) is 2.51. The van der Waals surface area contributed by atoms with Gasteiger partial charge in [0.2, 0.25) is 0 Å². The average molecular weight is 268 g/mol. The molecule has 0 spiro atoms. The Balaban J connectivity index is 2.37. The zero-order chi connectivity index (χ0) is 10.8. The van der Waals surface area contributed by atoms with E-state index in [2.05, 4.69) is 52.9 Å². The maximum Gasteiger partial charge on any atom is 0.0412 e. The highest BCUT2D eigenvalue weighted by Gasteiger charge is 2.17. The van der Waals surface area contributed by atoms with Crippen LogP contribution in [0.1, 0.15) is 38.2 Å². The fourth-order valence-corrected chi connectivity index (χ4v) is 2.59. The first kappa shape index (κ1) is 11.0. The lowest BCUT2D eigenvalue weighted by molar-refractivity contribution is 0.845. The first-order valence-corrected chi connectivity index (χ1v) is 6.52. The van der Waals surface area contributed by atoms with Gasteiger partial charge in [0.1, 0.15) is 0 Å². The lowest BCUT2D eigenvalue weighted by Crippen LogP contribution is -2.19. The molecule has 1 fully saturated rings. The van der Waals surface area contributed by atoms with Crippen LogP contribution in [0, 0.1) is 0 Å². The summed E-state index contributed by atoms with van der Waals surface area (Å²) < 4.78 is 1.19. The zero-order valence-electron chi connectivity index (χ0n) is 9.46. The van der Waals surface area contributed by atoms with Gasteiger partial charge in [-0.1, -0.05) is 35.8 Å². The second-order valence-corrected chi connectivity index (χ2v) is 5.47. The number of halogens is 1. The SMILES string of the molecule is CC(C)c1ccc(Br)cc1N1CCCC1. The molecule has 1 aliphatic heterocycles. The molecule has 0 unspecified atom stereocenters. The minimum Gasteiger partial charge on any atom is -0.371 e. The van der Waals surface area contributed by atoms with Gasteiger partial charge >= 0.3 is 0 Å². The molecule has 1 aromatic rings. The molecule has 1 saturated heterocycles. The third-order valence-corrected chi connectivity index (χ3v) is 3.55. The van der Waals surface area contributed by atoms with Crippen molar-refractivity contribution in [3.63, 3.8) is 0 Å². The van der Waals surface area contributed by atoms with Gasteiger partial charge in [0.05, 0.1) is 0 Å². The topological polar surface area (TPSA) is 3.24 Å². The van der Waals surface area contributed by atoms with E-state index in [-0.39, 0.29) is 0 Å². The number of hydrogen-bond donors (Lipinski definition) is 0. The van der Waals surface area contributed by atoms with Crippen molar-refractivity contribution in [2.24, 2.45) is 0 Å². The number of rotatable bonds is 2. The quantitative estimate of drug-likeness (QED) is 0.778.